The molecule has 0 aromatic carbocycles. The molecule has 1 unspecified atom stereocenters. The first-order valence-corrected chi connectivity index (χ1v) is 5.40. The Labute approximate surface area is 102 Å². The fourth-order valence-electron chi connectivity index (χ4n) is 1.77. The molecule has 2 rings (SSSR count). The number of rotatable bonds is 3. The van der Waals surface area contributed by atoms with Gasteiger partial charge in [-0.2, -0.15) is 0 Å². The van der Waals surface area contributed by atoms with Gasteiger partial charge in [-0.3, -0.25) is 0 Å². The van der Waals surface area contributed by atoms with E-state index in [0.717, 1.165) is 0 Å². The predicted octanol–water partition coefficient (Wildman–Crippen LogP) is -3.43. The van der Waals surface area contributed by atoms with Crippen molar-refractivity contribution in [3.63, 3.8) is 0 Å². The summed E-state index contributed by atoms with van der Waals surface area (Å²) in [5, 5.41) is 53.9. The minimum atomic E-state index is -1.57. The molecule has 1 aromatic rings. The van der Waals surface area contributed by atoms with Crippen LogP contribution in [0.3, 0.4) is 0 Å². The molecule has 102 valence electrons. The number of nitrogens with zero attached hydrogens (tertiary/aromatic N) is 3. The molecule has 0 amide bonds. The Kier molecular flexibility index (Phi) is 3.90. The largest absolute Gasteiger partial charge is 0.390 e. The van der Waals surface area contributed by atoms with Gasteiger partial charge in [-0.15, -0.1) is 5.10 Å². The van der Waals surface area contributed by atoms with Crippen LogP contribution in [0.5, 0.6) is 0 Å². The highest BCUT2D eigenvalue weighted by Crippen LogP contribution is 2.20. The number of hydrogen-bond acceptors (Lipinski definition) is 8. The first-order valence-electron chi connectivity index (χ1n) is 5.40. The number of aliphatic hydroxyl groups is 5. The molecule has 2 heterocycles. The molecule has 0 saturated carbocycles. The summed E-state index contributed by atoms with van der Waals surface area (Å²) in [6, 6.07) is 0. The van der Waals surface area contributed by atoms with E-state index < -0.39 is 30.7 Å². The van der Waals surface area contributed by atoms with Crippen LogP contribution in [0.2, 0.25) is 0 Å². The zero-order chi connectivity index (χ0) is 13.3. The Balaban J connectivity index is 2.04. The van der Waals surface area contributed by atoms with E-state index in [4.69, 9.17) is 9.84 Å². The van der Waals surface area contributed by atoms with E-state index in [1.807, 2.05) is 0 Å². The van der Waals surface area contributed by atoms with E-state index in [-0.39, 0.29) is 13.2 Å². The molecule has 9 nitrogen and oxygen atoms in total. The Morgan fingerprint density at radius 1 is 1.17 bits per heavy atom. The third kappa shape index (κ3) is 2.51. The smallest absolute Gasteiger partial charge is 0.184 e. The zero-order valence-electron chi connectivity index (χ0n) is 9.36. The molecule has 5 N–H and O–H groups in total. The van der Waals surface area contributed by atoms with Crippen LogP contribution in [-0.4, -0.2) is 71.2 Å². The number of hydrogen-bond donors (Lipinski definition) is 5. The Bertz CT molecular complexity index is 399. The number of aromatic nitrogens is 3. The van der Waals surface area contributed by atoms with Crippen LogP contribution in [0, 0.1) is 0 Å². The van der Waals surface area contributed by atoms with Crippen LogP contribution in [-0.2, 0) is 17.9 Å². The lowest BCUT2D eigenvalue weighted by molar-refractivity contribution is -0.284. The molecule has 5 atom stereocenters. The minimum Gasteiger partial charge on any atom is -0.390 e. The summed E-state index contributed by atoms with van der Waals surface area (Å²) in [4.78, 5) is 0. The van der Waals surface area contributed by atoms with Crippen molar-refractivity contribution in [2.45, 2.75) is 43.9 Å². The van der Waals surface area contributed by atoms with Crippen LogP contribution in [0.4, 0.5) is 0 Å². The second-order valence-electron chi connectivity index (χ2n) is 4.13. The summed E-state index contributed by atoms with van der Waals surface area (Å²) in [7, 11) is 0. The lowest BCUT2D eigenvalue weighted by Gasteiger charge is -2.38. The third-order valence-corrected chi connectivity index (χ3v) is 2.80. The summed E-state index contributed by atoms with van der Waals surface area (Å²) in [5.41, 5.74) is 0.349. The lowest BCUT2D eigenvalue weighted by Crippen LogP contribution is -2.58. The number of aliphatic hydroxyl groups excluding tert-OH is 5. The van der Waals surface area contributed by atoms with Gasteiger partial charge in [0, 0.05) is 0 Å². The normalized spacial score (nSPS) is 36.8. The Hall–Kier alpha value is -1.10. The van der Waals surface area contributed by atoms with Crippen LogP contribution < -0.4 is 0 Å². The average Bonchev–Trinajstić information content (AvgIpc) is 2.81. The molecular weight excluding hydrogens is 246 g/mol. The zero-order valence-corrected chi connectivity index (χ0v) is 9.36. The molecule has 9 heteroatoms. The first-order chi connectivity index (χ1) is 8.52. The van der Waals surface area contributed by atoms with E-state index in [0.29, 0.717) is 5.69 Å². The van der Waals surface area contributed by atoms with Crippen LogP contribution in [0.25, 0.3) is 0 Å². The van der Waals surface area contributed by atoms with Crippen molar-refractivity contribution in [1.29, 1.82) is 0 Å². The van der Waals surface area contributed by atoms with Gasteiger partial charge in [0.25, 0.3) is 0 Å². The fraction of sp³-hybridized carbons (Fsp3) is 0.778. The van der Waals surface area contributed by atoms with Gasteiger partial charge in [0.1, 0.15) is 30.1 Å². The van der Waals surface area contributed by atoms with E-state index >= 15 is 0 Å². The number of ether oxygens (including phenoxy) is 1. The molecular formula is C9H15N3O6. The van der Waals surface area contributed by atoms with Gasteiger partial charge in [-0.1, -0.05) is 5.21 Å². The maximum absolute atomic E-state index is 9.69. The van der Waals surface area contributed by atoms with E-state index in [9.17, 15) is 20.4 Å². The lowest BCUT2D eigenvalue weighted by atomic mass is 9.99. The SMILES string of the molecule is OCc1cn(C[C@H]2OC(O)[C@H](O)[C@@H](O)[C@@H]2O)nn1. The molecule has 0 bridgehead atoms. The van der Waals surface area contributed by atoms with Crippen molar-refractivity contribution in [3.8, 4) is 0 Å². The van der Waals surface area contributed by atoms with Crippen molar-refractivity contribution in [3.05, 3.63) is 11.9 Å². The van der Waals surface area contributed by atoms with Gasteiger partial charge >= 0.3 is 0 Å². The van der Waals surface area contributed by atoms with Crippen molar-refractivity contribution >= 4 is 0 Å². The monoisotopic (exact) mass is 261 g/mol. The topological polar surface area (TPSA) is 141 Å². The van der Waals surface area contributed by atoms with Crippen LogP contribution >= 0.6 is 0 Å². The second kappa shape index (κ2) is 5.26. The fourth-order valence-corrected chi connectivity index (χ4v) is 1.77. The van der Waals surface area contributed by atoms with Gasteiger partial charge in [-0.05, 0) is 0 Å². The Morgan fingerprint density at radius 2 is 1.89 bits per heavy atom. The molecule has 0 spiro atoms. The molecule has 0 aliphatic carbocycles. The summed E-state index contributed by atoms with van der Waals surface area (Å²) in [6.07, 6.45) is -5.48. The van der Waals surface area contributed by atoms with Crippen molar-refractivity contribution in [1.82, 2.24) is 15.0 Å². The van der Waals surface area contributed by atoms with Gasteiger partial charge < -0.3 is 30.3 Å². The summed E-state index contributed by atoms with van der Waals surface area (Å²) >= 11 is 0. The van der Waals surface area contributed by atoms with Crippen molar-refractivity contribution in [2.24, 2.45) is 0 Å². The van der Waals surface area contributed by atoms with Crippen molar-refractivity contribution in [2.75, 3.05) is 0 Å². The maximum atomic E-state index is 9.69. The molecule has 1 saturated heterocycles. The van der Waals surface area contributed by atoms with E-state index in [1.165, 1.54) is 10.9 Å². The minimum absolute atomic E-state index is 0.0228. The molecule has 1 aliphatic rings. The molecule has 1 aliphatic heterocycles. The predicted molar refractivity (Wildman–Crippen MR) is 54.8 cm³/mol. The molecule has 18 heavy (non-hydrogen) atoms. The average molecular weight is 261 g/mol. The standard InChI is InChI=1S/C9H15N3O6/c13-3-4-1-12(11-10-4)2-5-6(14)7(15)8(16)9(17)18-5/h1,5-9,13-17H,2-3H2/t5-,6-,7+,8-,9?/m1/s1. The molecule has 1 fully saturated rings. The van der Waals surface area contributed by atoms with Crippen LogP contribution in [0.1, 0.15) is 5.69 Å². The second-order valence-corrected chi connectivity index (χ2v) is 4.13. The maximum Gasteiger partial charge on any atom is 0.184 e. The summed E-state index contributed by atoms with van der Waals surface area (Å²) < 4.78 is 6.27. The quantitative estimate of drug-likeness (QED) is 0.378. The van der Waals surface area contributed by atoms with Gasteiger partial charge in [0.2, 0.25) is 0 Å². The summed E-state index contributed by atoms with van der Waals surface area (Å²) in [5.74, 6) is 0. The third-order valence-electron chi connectivity index (χ3n) is 2.80. The summed E-state index contributed by atoms with van der Waals surface area (Å²) in [6.45, 7) is -0.243. The van der Waals surface area contributed by atoms with Gasteiger partial charge in [0.05, 0.1) is 19.3 Å². The molecule has 0 radical (unpaired) electrons. The van der Waals surface area contributed by atoms with Crippen LogP contribution in [0.15, 0.2) is 6.20 Å². The van der Waals surface area contributed by atoms with Gasteiger partial charge in [0.15, 0.2) is 6.29 Å². The highest BCUT2D eigenvalue weighted by Gasteiger charge is 2.43. The first kappa shape index (κ1) is 13.3. The van der Waals surface area contributed by atoms with E-state index in [2.05, 4.69) is 10.3 Å². The highest BCUT2D eigenvalue weighted by atomic mass is 16.6. The molecule has 1 aromatic heterocycles. The highest BCUT2D eigenvalue weighted by molar-refractivity contribution is 4.92. The van der Waals surface area contributed by atoms with Crippen molar-refractivity contribution < 1.29 is 30.3 Å². The van der Waals surface area contributed by atoms with Gasteiger partial charge in [-0.25, -0.2) is 4.68 Å². The Morgan fingerprint density at radius 3 is 2.50 bits per heavy atom. The van der Waals surface area contributed by atoms with E-state index in [1.54, 1.807) is 0 Å².